The van der Waals surface area contributed by atoms with Gasteiger partial charge in [0.15, 0.2) is 0 Å². The molecule has 1 aliphatic heterocycles. The van der Waals surface area contributed by atoms with Gasteiger partial charge in [-0.2, -0.15) is 0 Å². The van der Waals surface area contributed by atoms with E-state index in [9.17, 15) is 4.79 Å². The highest BCUT2D eigenvalue weighted by molar-refractivity contribution is 5.78. The second kappa shape index (κ2) is 8.60. The van der Waals surface area contributed by atoms with Gasteiger partial charge in [0.05, 0.1) is 5.92 Å². The van der Waals surface area contributed by atoms with Crippen LogP contribution in [0.25, 0.3) is 0 Å². The summed E-state index contributed by atoms with van der Waals surface area (Å²) in [5.74, 6) is 0.299. The van der Waals surface area contributed by atoms with Gasteiger partial charge < -0.3 is 5.32 Å². The number of hydrogen-bond acceptors (Lipinski definition) is 3. The highest BCUT2D eigenvalue weighted by atomic mass is 16.1. The number of carbonyl (C=O) groups is 1. The minimum Gasteiger partial charge on any atom is -0.355 e. The van der Waals surface area contributed by atoms with Crippen molar-refractivity contribution in [2.75, 3.05) is 19.6 Å². The van der Waals surface area contributed by atoms with Gasteiger partial charge in [0.1, 0.15) is 0 Å². The molecule has 0 saturated carbocycles. The zero-order valence-electron chi connectivity index (χ0n) is 14.0. The number of pyridine rings is 1. The number of likely N-dealkylation sites (tertiary alicyclic amines) is 1. The SMILES string of the molecule is O=C(NCCc1ccccc1)C1CCCN(Cc2cccnc2)C1. The predicted molar refractivity (Wildman–Crippen MR) is 95.4 cm³/mol. The third-order valence-electron chi connectivity index (χ3n) is 4.56. The Bertz CT molecular complexity index is 630. The Labute approximate surface area is 143 Å². The van der Waals surface area contributed by atoms with E-state index in [2.05, 4.69) is 33.4 Å². The molecule has 0 radical (unpaired) electrons. The summed E-state index contributed by atoms with van der Waals surface area (Å²) in [6.07, 6.45) is 6.66. The molecule has 126 valence electrons. The largest absolute Gasteiger partial charge is 0.355 e. The molecule has 1 aromatic heterocycles. The average molecular weight is 323 g/mol. The van der Waals surface area contributed by atoms with Crippen molar-refractivity contribution in [3.63, 3.8) is 0 Å². The van der Waals surface area contributed by atoms with E-state index < -0.39 is 0 Å². The number of carbonyl (C=O) groups excluding carboxylic acids is 1. The lowest BCUT2D eigenvalue weighted by Crippen LogP contribution is -2.43. The summed E-state index contributed by atoms with van der Waals surface area (Å²) in [6, 6.07) is 14.3. The molecule has 4 nitrogen and oxygen atoms in total. The minimum atomic E-state index is 0.103. The van der Waals surface area contributed by atoms with Crippen LogP contribution in [0.5, 0.6) is 0 Å². The number of benzene rings is 1. The molecular formula is C20H25N3O. The van der Waals surface area contributed by atoms with E-state index in [1.54, 1.807) is 6.20 Å². The van der Waals surface area contributed by atoms with E-state index in [4.69, 9.17) is 0 Å². The normalized spacial score (nSPS) is 18.2. The van der Waals surface area contributed by atoms with Crippen LogP contribution < -0.4 is 5.32 Å². The molecule has 1 aliphatic rings. The summed E-state index contributed by atoms with van der Waals surface area (Å²) >= 11 is 0. The van der Waals surface area contributed by atoms with Crippen LogP contribution >= 0.6 is 0 Å². The number of nitrogens with zero attached hydrogens (tertiary/aromatic N) is 2. The Morgan fingerprint density at radius 2 is 2.00 bits per heavy atom. The van der Waals surface area contributed by atoms with Crippen LogP contribution in [0.1, 0.15) is 24.0 Å². The molecule has 3 rings (SSSR count). The fraction of sp³-hybridized carbons (Fsp3) is 0.400. The summed E-state index contributed by atoms with van der Waals surface area (Å²) in [4.78, 5) is 19.0. The average Bonchev–Trinajstić information content (AvgIpc) is 2.64. The molecule has 0 bridgehead atoms. The minimum absolute atomic E-state index is 0.103. The summed E-state index contributed by atoms with van der Waals surface area (Å²) in [5, 5.41) is 3.11. The Kier molecular flexibility index (Phi) is 5.96. The molecule has 1 aromatic carbocycles. The fourth-order valence-corrected chi connectivity index (χ4v) is 3.28. The number of amides is 1. The molecule has 1 fully saturated rings. The van der Waals surface area contributed by atoms with Gasteiger partial charge >= 0.3 is 0 Å². The lowest BCUT2D eigenvalue weighted by atomic mass is 9.96. The third kappa shape index (κ3) is 4.90. The van der Waals surface area contributed by atoms with E-state index in [-0.39, 0.29) is 11.8 Å². The van der Waals surface area contributed by atoms with Crippen molar-refractivity contribution in [3.8, 4) is 0 Å². The van der Waals surface area contributed by atoms with Crippen LogP contribution in [0.2, 0.25) is 0 Å². The molecule has 2 aromatic rings. The van der Waals surface area contributed by atoms with Crippen molar-refractivity contribution in [2.45, 2.75) is 25.8 Å². The zero-order chi connectivity index (χ0) is 16.6. The summed E-state index contributed by atoms with van der Waals surface area (Å²) in [5.41, 5.74) is 2.47. The number of piperidine rings is 1. The first-order valence-corrected chi connectivity index (χ1v) is 8.74. The van der Waals surface area contributed by atoms with Gasteiger partial charge in [-0.15, -0.1) is 0 Å². The number of aromatic nitrogens is 1. The third-order valence-corrected chi connectivity index (χ3v) is 4.56. The second-order valence-electron chi connectivity index (χ2n) is 6.46. The van der Waals surface area contributed by atoms with Crippen LogP contribution in [0, 0.1) is 5.92 Å². The first-order valence-electron chi connectivity index (χ1n) is 8.74. The van der Waals surface area contributed by atoms with Crippen LogP contribution in [0.3, 0.4) is 0 Å². The molecule has 0 spiro atoms. The Hall–Kier alpha value is -2.20. The molecule has 1 saturated heterocycles. The van der Waals surface area contributed by atoms with Crippen molar-refractivity contribution in [3.05, 3.63) is 66.0 Å². The topological polar surface area (TPSA) is 45.2 Å². The van der Waals surface area contributed by atoms with Crippen LogP contribution in [0.4, 0.5) is 0 Å². The Morgan fingerprint density at radius 3 is 2.79 bits per heavy atom. The molecular weight excluding hydrogens is 298 g/mol. The van der Waals surface area contributed by atoms with E-state index in [1.165, 1.54) is 11.1 Å². The molecule has 1 amide bonds. The molecule has 0 aliphatic carbocycles. The molecule has 1 N–H and O–H groups in total. The van der Waals surface area contributed by atoms with Gasteiger partial charge in [-0.3, -0.25) is 14.7 Å². The maximum atomic E-state index is 12.4. The maximum Gasteiger partial charge on any atom is 0.224 e. The first-order chi connectivity index (χ1) is 11.8. The van der Waals surface area contributed by atoms with Crippen molar-refractivity contribution in [2.24, 2.45) is 5.92 Å². The smallest absolute Gasteiger partial charge is 0.224 e. The number of nitrogens with one attached hydrogen (secondary N) is 1. The Morgan fingerprint density at radius 1 is 1.17 bits per heavy atom. The monoisotopic (exact) mass is 323 g/mol. The standard InChI is InChI=1S/C20H25N3O/c24-20(22-12-10-17-6-2-1-3-7-17)19-9-5-13-23(16-19)15-18-8-4-11-21-14-18/h1-4,6-8,11,14,19H,5,9-10,12-13,15-16H2,(H,22,24). The van der Waals surface area contributed by atoms with Gasteiger partial charge in [-0.05, 0) is 43.0 Å². The first kappa shape index (κ1) is 16.7. The highest BCUT2D eigenvalue weighted by Crippen LogP contribution is 2.18. The van der Waals surface area contributed by atoms with Gasteiger partial charge in [0, 0.05) is 32.0 Å². The van der Waals surface area contributed by atoms with Crippen molar-refractivity contribution < 1.29 is 4.79 Å². The van der Waals surface area contributed by atoms with Crippen molar-refractivity contribution in [1.29, 1.82) is 0 Å². The molecule has 1 unspecified atom stereocenters. The second-order valence-corrected chi connectivity index (χ2v) is 6.46. The van der Waals surface area contributed by atoms with Crippen molar-refractivity contribution >= 4 is 5.91 Å². The van der Waals surface area contributed by atoms with Gasteiger partial charge in [-0.25, -0.2) is 0 Å². The van der Waals surface area contributed by atoms with E-state index in [0.29, 0.717) is 6.54 Å². The molecule has 1 atom stereocenters. The van der Waals surface area contributed by atoms with Crippen molar-refractivity contribution in [1.82, 2.24) is 15.2 Å². The summed E-state index contributed by atoms with van der Waals surface area (Å²) in [6.45, 7) is 3.48. The van der Waals surface area contributed by atoms with E-state index in [1.807, 2.05) is 30.5 Å². The predicted octanol–water partition coefficient (Wildman–Crippen LogP) is 2.65. The Balaban J connectivity index is 1.44. The molecule has 2 heterocycles. The van der Waals surface area contributed by atoms with Crippen LogP contribution in [-0.2, 0) is 17.8 Å². The number of hydrogen-bond donors (Lipinski definition) is 1. The summed E-state index contributed by atoms with van der Waals surface area (Å²) < 4.78 is 0. The summed E-state index contributed by atoms with van der Waals surface area (Å²) in [7, 11) is 0. The lowest BCUT2D eigenvalue weighted by molar-refractivity contribution is -0.126. The van der Waals surface area contributed by atoms with Crippen LogP contribution in [0.15, 0.2) is 54.9 Å². The van der Waals surface area contributed by atoms with Gasteiger partial charge in [0.25, 0.3) is 0 Å². The van der Waals surface area contributed by atoms with E-state index >= 15 is 0 Å². The van der Waals surface area contributed by atoms with Gasteiger partial charge in [-0.1, -0.05) is 36.4 Å². The van der Waals surface area contributed by atoms with Crippen LogP contribution in [-0.4, -0.2) is 35.4 Å². The van der Waals surface area contributed by atoms with E-state index in [0.717, 1.165) is 38.9 Å². The molecule has 24 heavy (non-hydrogen) atoms. The zero-order valence-corrected chi connectivity index (χ0v) is 14.0. The molecule has 4 heteroatoms. The highest BCUT2D eigenvalue weighted by Gasteiger charge is 2.25. The quantitative estimate of drug-likeness (QED) is 0.889. The fourth-order valence-electron chi connectivity index (χ4n) is 3.28. The lowest BCUT2D eigenvalue weighted by Gasteiger charge is -2.32. The maximum absolute atomic E-state index is 12.4. The number of rotatable bonds is 6. The van der Waals surface area contributed by atoms with Gasteiger partial charge in [0.2, 0.25) is 5.91 Å².